The lowest BCUT2D eigenvalue weighted by molar-refractivity contribution is -0.296. The molecule has 0 aromatic heterocycles. The smallest absolute Gasteiger partial charge is 0.397 e. The summed E-state index contributed by atoms with van der Waals surface area (Å²) < 4.78 is 131. The standard InChI is InChI=1S/C20H37NO17S3/c1-5-12-10(3)15(21-39(24,25)26)20(36-14(12)9-34-40(27,28)29)37-17-11(4)16(38-41(30,31)32)13(7-8-33-6-2)35-18(17)19(22)23/h10-18,20-21H,5-9H2,1-4H3,(H,22,23)(H,24,25,26)(H,27,28,29)(H,30,31,32)/t10-,11+,12+,13+,14?,15?,16?,17-,18?,20+/m1/s1. The summed E-state index contributed by atoms with van der Waals surface area (Å²) >= 11 is 0. The van der Waals surface area contributed by atoms with E-state index in [9.17, 15) is 44.3 Å². The van der Waals surface area contributed by atoms with Crippen LogP contribution in [0.1, 0.15) is 40.5 Å². The highest BCUT2D eigenvalue weighted by Crippen LogP contribution is 2.39. The average molecular weight is 660 g/mol. The molecule has 41 heavy (non-hydrogen) atoms. The molecule has 242 valence electrons. The molecule has 0 aliphatic carbocycles. The highest BCUT2D eigenvalue weighted by atomic mass is 32.3. The Balaban J connectivity index is 2.49. The molecule has 0 aromatic rings. The summed E-state index contributed by atoms with van der Waals surface area (Å²) in [4.78, 5) is 12.2. The van der Waals surface area contributed by atoms with Crippen LogP contribution in [0.2, 0.25) is 0 Å². The number of rotatable bonds is 15. The van der Waals surface area contributed by atoms with Crippen LogP contribution < -0.4 is 4.72 Å². The van der Waals surface area contributed by atoms with Crippen molar-refractivity contribution in [2.45, 2.75) is 83.4 Å². The van der Waals surface area contributed by atoms with E-state index in [4.69, 9.17) is 27.7 Å². The predicted molar refractivity (Wildman–Crippen MR) is 135 cm³/mol. The first-order valence-electron chi connectivity index (χ1n) is 12.6. The summed E-state index contributed by atoms with van der Waals surface area (Å²) in [5, 5.41) is 9.92. The van der Waals surface area contributed by atoms with Crippen molar-refractivity contribution in [3.63, 3.8) is 0 Å². The van der Waals surface area contributed by atoms with Gasteiger partial charge in [0.05, 0.1) is 24.9 Å². The minimum atomic E-state index is -5.08. The first kappa shape index (κ1) is 36.1. The van der Waals surface area contributed by atoms with E-state index in [0.29, 0.717) is 6.61 Å². The molecule has 0 saturated carbocycles. The van der Waals surface area contributed by atoms with Crippen molar-refractivity contribution in [1.29, 1.82) is 0 Å². The monoisotopic (exact) mass is 659 g/mol. The third-order valence-corrected chi connectivity index (χ3v) is 8.47. The van der Waals surface area contributed by atoms with E-state index in [1.807, 2.05) is 4.72 Å². The highest BCUT2D eigenvalue weighted by Gasteiger charge is 2.53. The molecule has 10 atom stereocenters. The van der Waals surface area contributed by atoms with E-state index in [1.165, 1.54) is 13.8 Å². The number of carbonyl (C=O) groups is 1. The molecule has 0 aromatic carbocycles. The van der Waals surface area contributed by atoms with E-state index in [-0.39, 0.29) is 19.4 Å². The fraction of sp³-hybridized carbons (Fsp3) is 0.950. The number of carboxylic acids is 1. The fourth-order valence-electron chi connectivity index (χ4n) is 5.17. The quantitative estimate of drug-likeness (QED) is 0.109. The summed E-state index contributed by atoms with van der Waals surface area (Å²) in [5.41, 5.74) is 0. The molecule has 4 unspecified atom stereocenters. The molecule has 2 saturated heterocycles. The van der Waals surface area contributed by atoms with Gasteiger partial charge in [0.2, 0.25) is 0 Å². The summed E-state index contributed by atoms with van der Waals surface area (Å²) in [6, 6.07) is -1.38. The Morgan fingerprint density at radius 2 is 1.54 bits per heavy atom. The molecule has 0 bridgehead atoms. The normalized spacial score (nSPS) is 35.3. The molecule has 0 amide bonds. The van der Waals surface area contributed by atoms with Crippen molar-refractivity contribution in [3.8, 4) is 0 Å². The van der Waals surface area contributed by atoms with Gasteiger partial charge in [0.25, 0.3) is 0 Å². The van der Waals surface area contributed by atoms with Crippen LogP contribution in [-0.4, -0.2) is 113 Å². The fourth-order valence-corrected chi connectivity index (χ4v) is 6.73. The molecule has 2 fully saturated rings. The number of ether oxygens (including phenoxy) is 4. The number of aliphatic carboxylic acids is 1. The minimum Gasteiger partial charge on any atom is -0.479 e. The average Bonchev–Trinajstić information content (AvgIpc) is 2.81. The maximum atomic E-state index is 12.2. The summed E-state index contributed by atoms with van der Waals surface area (Å²) in [6.45, 7) is 5.83. The maximum Gasteiger partial charge on any atom is 0.397 e. The van der Waals surface area contributed by atoms with Crippen molar-refractivity contribution in [2.24, 2.45) is 17.8 Å². The van der Waals surface area contributed by atoms with Gasteiger partial charge in [0.15, 0.2) is 12.4 Å². The highest BCUT2D eigenvalue weighted by molar-refractivity contribution is 7.83. The lowest BCUT2D eigenvalue weighted by Gasteiger charge is -2.49. The number of hydrogen-bond donors (Lipinski definition) is 5. The van der Waals surface area contributed by atoms with Crippen LogP contribution in [-0.2, 0) is 63.2 Å². The first-order valence-corrected chi connectivity index (χ1v) is 16.7. The van der Waals surface area contributed by atoms with E-state index < -0.39 is 104 Å². The Morgan fingerprint density at radius 1 is 0.902 bits per heavy atom. The molecule has 21 heteroatoms. The first-order chi connectivity index (χ1) is 18.8. The van der Waals surface area contributed by atoms with Crippen molar-refractivity contribution >= 4 is 37.1 Å². The largest absolute Gasteiger partial charge is 0.479 e. The van der Waals surface area contributed by atoms with E-state index in [0.717, 1.165) is 0 Å². The zero-order chi connectivity index (χ0) is 31.3. The van der Waals surface area contributed by atoms with E-state index in [1.54, 1.807) is 13.8 Å². The zero-order valence-corrected chi connectivity index (χ0v) is 25.1. The molecular weight excluding hydrogens is 622 g/mol. The summed E-state index contributed by atoms with van der Waals surface area (Å²) in [5.74, 6) is -4.10. The second kappa shape index (κ2) is 14.6. The second-order valence-electron chi connectivity index (χ2n) is 9.67. The van der Waals surface area contributed by atoms with Crippen LogP contribution in [0.15, 0.2) is 0 Å². The van der Waals surface area contributed by atoms with Gasteiger partial charge in [-0.1, -0.05) is 27.2 Å². The molecule has 0 radical (unpaired) electrons. The van der Waals surface area contributed by atoms with Crippen LogP contribution in [0.4, 0.5) is 0 Å². The van der Waals surface area contributed by atoms with Crippen molar-refractivity contribution < 1.29 is 76.1 Å². The van der Waals surface area contributed by atoms with Crippen LogP contribution in [0.25, 0.3) is 0 Å². The van der Waals surface area contributed by atoms with Gasteiger partial charge in [0.1, 0.15) is 12.2 Å². The Labute approximate surface area is 238 Å². The third-order valence-electron chi connectivity index (χ3n) is 7.00. The molecule has 2 aliphatic rings. The molecule has 2 rings (SSSR count). The lowest BCUT2D eigenvalue weighted by Crippen LogP contribution is -2.63. The Morgan fingerprint density at radius 3 is 2.02 bits per heavy atom. The van der Waals surface area contributed by atoms with Gasteiger partial charge >= 0.3 is 37.1 Å². The van der Waals surface area contributed by atoms with Crippen molar-refractivity contribution in [2.75, 3.05) is 19.8 Å². The Kier molecular flexibility index (Phi) is 12.9. The number of hydrogen-bond acceptors (Lipinski definition) is 13. The predicted octanol–water partition coefficient (Wildman–Crippen LogP) is -0.558. The van der Waals surface area contributed by atoms with Gasteiger partial charge in [0, 0.05) is 19.1 Å². The van der Waals surface area contributed by atoms with Gasteiger partial charge < -0.3 is 24.1 Å². The topological polar surface area (TPSA) is 268 Å². The van der Waals surface area contributed by atoms with Crippen LogP contribution in [0.5, 0.6) is 0 Å². The van der Waals surface area contributed by atoms with Gasteiger partial charge in [-0.15, -0.1) is 0 Å². The van der Waals surface area contributed by atoms with Gasteiger partial charge in [-0.25, -0.2) is 13.2 Å². The van der Waals surface area contributed by atoms with Crippen LogP contribution >= 0.6 is 0 Å². The lowest BCUT2D eigenvalue weighted by atomic mass is 9.79. The zero-order valence-electron chi connectivity index (χ0n) is 22.6. The third kappa shape index (κ3) is 10.9. The minimum absolute atomic E-state index is 0.0224. The molecule has 18 nitrogen and oxygen atoms in total. The summed E-state index contributed by atoms with van der Waals surface area (Å²) in [7, 11) is -14.9. The molecule has 2 heterocycles. The van der Waals surface area contributed by atoms with Crippen LogP contribution in [0, 0.1) is 17.8 Å². The molecule has 5 N–H and O–H groups in total. The number of nitrogens with one attached hydrogen (secondary N) is 1. The van der Waals surface area contributed by atoms with Gasteiger partial charge in [-0.05, 0) is 25.2 Å². The van der Waals surface area contributed by atoms with Crippen molar-refractivity contribution in [1.82, 2.24) is 4.72 Å². The number of carboxylic acid groups (broad SMARTS) is 1. The van der Waals surface area contributed by atoms with Gasteiger partial charge in [-0.3, -0.25) is 13.7 Å². The maximum absolute atomic E-state index is 12.2. The molecule has 0 spiro atoms. The van der Waals surface area contributed by atoms with E-state index >= 15 is 0 Å². The van der Waals surface area contributed by atoms with E-state index in [2.05, 4.69) is 4.18 Å². The second-order valence-corrected chi connectivity index (χ2v) is 13.0. The van der Waals surface area contributed by atoms with Crippen molar-refractivity contribution in [3.05, 3.63) is 0 Å². The van der Waals surface area contributed by atoms with Crippen LogP contribution in [0.3, 0.4) is 0 Å². The van der Waals surface area contributed by atoms with Gasteiger partial charge in [-0.2, -0.15) is 30.0 Å². The Hall–Kier alpha value is -1.08. The Bertz CT molecular complexity index is 1190. The summed E-state index contributed by atoms with van der Waals surface area (Å²) in [6.07, 6.45) is -8.73. The molecular formula is C20H37NO17S3. The molecule has 2 aliphatic heterocycles. The SMILES string of the molecule is CCOCC[C@@H]1OC(C(=O)O)[C@H](O[C@@H]2OC(COS(=O)(=O)O)[C@@H](CC)[C@@H](C)C2NS(=O)(=O)O)[C@@H](C)C1OS(=O)(=O)O.